The molecule has 0 aliphatic carbocycles. The van der Waals surface area contributed by atoms with Gasteiger partial charge in [-0.3, -0.25) is 68.6 Å². The fraction of sp³-hybridized carbons (Fsp3) is 0.482. The number of esters is 4. The van der Waals surface area contributed by atoms with Crippen LogP contribution in [-0.2, 0) is 62.0 Å². The largest absolute Gasteiger partial charge is 0.461 e. The number of hydrogen-bond acceptors (Lipinski definition) is 23. The maximum absolute atomic E-state index is 14.0. The first-order valence-corrected chi connectivity index (χ1v) is 39.8. The number of pyridine rings is 2. The number of aryl methyl sites for hydroxylation is 2. The maximum atomic E-state index is 14.0. The summed E-state index contributed by atoms with van der Waals surface area (Å²) >= 11 is 17.1. The number of alkyl halides is 3. The van der Waals surface area contributed by atoms with Crippen molar-refractivity contribution < 1.29 is 86.6 Å². The number of ketones is 2. The number of rotatable bonds is 23. The first kappa shape index (κ1) is 94.1. The van der Waals surface area contributed by atoms with E-state index < -0.39 is 120 Å². The SMILES string of the molecule is COCCC(C)(/C=C/c1ccc2ccc([C@@H](C)O)nc2c1)C(=O)C[C@H](C(=O)N[C@@H](C)C(=O)N1CCC[C@@H](C(=O)OCC(Cl)(Cl)Cl)C1)C(C)C.COCCC1(C)/C=C/c2ccc3ccc(nc3c2)[C@@H](C)OC(=O)[C@@H]2CCCN(N2)C(=O)[C@H](C)NC(=O)[C@H](C(C)C)CC1=O.Cc1cccc([N+](=O)[O-])c1C(=O)OC(=O)c1c(C)cccc1[N+](=O)[O-]. The number of aliphatic hydroxyl groups is 1. The van der Waals surface area contributed by atoms with Crippen LogP contribution in [0.4, 0.5) is 11.4 Å². The van der Waals surface area contributed by atoms with E-state index in [1.165, 1.54) is 48.0 Å². The molecule has 10 atom stereocenters. The number of piperidine rings is 1. The summed E-state index contributed by atoms with van der Waals surface area (Å²) < 4.78 is 24.5. The molecule has 4 amide bonds. The second-order valence-corrected chi connectivity index (χ2v) is 33.3. The average Bonchev–Trinajstić information content (AvgIpc) is 1.40. The van der Waals surface area contributed by atoms with Crippen molar-refractivity contribution in [2.24, 2.45) is 40.4 Å². The minimum Gasteiger partial charge on any atom is -0.461 e. The zero-order valence-corrected chi connectivity index (χ0v) is 70.5. The van der Waals surface area contributed by atoms with Crippen LogP contribution in [-0.4, -0.2) is 169 Å². The van der Waals surface area contributed by atoms with E-state index >= 15 is 0 Å². The van der Waals surface area contributed by atoms with Crippen LogP contribution in [0.25, 0.3) is 34.0 Å². The second-order valence-electron chi connectivity index (χ2n) is 30.8. The van der Waals surface area contributed by atoms with Gasteiger partial charge in [-0.05, 0) is 152 Å². The lowest BCUT2D eigenvalue weighted by Crippen LogP contribution is -2.59. The number of carbonyl (C=O) groups excluding carboxylic acids is 10. The fourth-order valence-electron chi connectivity index (χ4n) is 13.6. The molecule has 630 valence electrons. The number of likely N-dealkylation sites (tertiary alicyclic amines) is 1. The number of nitrogens with zero attached hydrogens (tertiary/aromatic N) is 6. The van der Waals surface area contributed by atoms with Crippen molar-refractivity contribution >= 4 is 139 Å². The van der Waals surface area contributed by atoms with Gasteiger partial charge >= 0.3 is 23.9 Å². The first-order valence-electron chi connectivity index (χ1n) is 38.7. The zero-order valence-electron chi connectivity index (χ0n) is 68.2. The Morgan fingerprint density at radius 3 is 1.98 bits per heavy atom. The van der Waals surface area contributed by atoms with E-state index in [0.29, 0.717) is 76.2 Å². The number of hydrogen-bond donors (Lipinski definition) is 4. The number of ether oxygens (including phenoxy) is 5. The van der Waals surface area contributed by atoms with Crippen LogP contribution in [0.1, 0.15) is 187 Å². The van der Waals surface area contributed by atoms with Crippen molar-refractivity contribution in [1.82, 2.24) is 35.9 Å². The van der Waals surface area contributed by atoms with Crippen molar-refractivity contribution in [2.75, 3.05) is 53.7 Å². The Kier molecular flexibility index (Phi) is 34.1. The number of nitro groups is 2. The molecule has 2 aromatic heterocycles. The van der Waals surface area contributed by atoms with Gasteiger partial charge in [0.2, 0.25) is 21.5 Å². The molecular weight excluding hydrogens is 1570 g/mol. The summed E-state index contributed by atoms with van der Waals surface area (Å²) in [6.07, 6.45) is 9.24. The molecule has 9 rings (SSSR count). The van der Waals surface area contributed by atoms with E-state index in [-0.39, 0.29) is 82.8 Å². The number of fused-ring (bicyclic) bond motifs is 5. The van der Waals surface area contributed by atoms with Crippen LogP contribution in [0.5, 0.6) is 0 Å². The Bertz CT molecular complexity index is 4650. The third-order valence-corrected chi connectivity index (χ3v) is 21.4. The number of Topliss-reactive ketones (excluding diaryl/α,β-unsaturated/α-hetero) is 2. The quantitative estimate of drug-likeness (QED) is 0.0116. The number of nitrogens with one attached hydrogen (secondary N) is 3. The predicted octanol–water partition coefficient (Wildman–Crippen LogP) is 13.5. The molecule has 29 nitrogen and oxygen atoms in total. The van der Waals surface area contributed by atoms with Crippen LogP contribution in [0.3, 0.4) is 0 Å². The van der Waals surface area contributed by atoms with Gasteiger partial charge in [-0.2, -0.15) is 0 Å². The van der Waals surface area contributed by atoms with E-state index in [4.69, 9.17) is 58.7 Å². The number of benzene rings is 4. The van der Waals surface area contributed by atoms with Crippen molar-refractivity contribution in [3.8, 4) is 0 Å². The predicted molar refractivity (Wildman–Crippen MR) is 441 cm³/mol. The monoisotopic (exact) mass is 1680 g/mol. The van der Waals surface area contributed by atoms with Gasteiger partial charge in [0.05, 0.1) is 44.3 Å². The topological polar surface area (TPSA) is 392 Å². The van der Waals surface area contributed by atoms with E-state index in [0.717, 1.165) is 45.1 Å². The summed E-state index contributed by atoms with van der Waals surface area (Å²) in [7, 11) is 3.17. The number of aliphatic hydroxyl groups excluding tert-OH is 1. The van der Waals surface area contributed by atoms with Gasteiger partial charge in [0.1, 0.15) is 53.5 Å². The van der Waals surface area contributed by atoms with Crippen LogP contribution in [0.15, 0.2) is 109 Å². The summed E-state index contributed by atoms with van der Waals surface area (Å²) in [5, 5.41) is 40.9. The molecular formula is C85H104Cl3N9O20. The van der Waals surface area contributed by atoms with E-state index in [1.807, 2.05) is 120 Å². The summed E-state index contributed by atoms with van der Waals surface area (Å²) in [5.41, 5.74) is 4.20. The van der Waals surface area contributed by atoms with Crippen molar-refractivity contribution in [3.63, 3.8) is 0 Å². The number of halogens is 3. The summed E-state index contributed by atoms with van der Waals surface area (Å²) in [5.74, 6) is -7.38. The molecule has 4 N–H and O–H groups in total. The number of hydrazine groups is 1. The van der Waals surface area contributed by atoms with Crippen LogP contribution < -0.4 is 16.1 Å². The minimum absolute atomic E-state index is 0.0192. The average molecular weight is 1680 g/mol. The zero-order chi connectivity index (χ0) is 86.6. The highest BCUT2D eigenvalue weighted by Crippen LogP contribution is 2.36. The standard InChI is InChI=1S/C36H48Cl3N3O7.C33H44N4O6.C16H12N2O7/c1-22(2)28(32(45)40-23(3)33(46)42-16-7-8-27(20-42)34(47)49-21-36(37,38)39)19-31(44)35(5,15-17-48-6)14-13-25-9-10-26-11-12-29(24(4)43)41-30(26)18-25;1-20(2)25-19-29(38)33(5,15-17-42-6)14-13-23-9-10-24-11-12-26(35-28(24)18-23)22(4)43-32(41)27-8-7-16-37(36-27)31(40)21(3)34-30(25)39;1-9-5-3-7-11(17(21)22)13(9)15(19)25-16(20)14-10(2)6-4-8-12(14)18(23)24/h9-14,18,22-24,27-28,43H,7-8,15-17,19-21H2,1-6H3,(H,40,45);9-14,18,20-22,25,27,36H,7-8,15-17,19H2,1-6H3,(H,34,39);3-8H,1-2H3/b2*14-13+;/t23-,24+,27+,28-,35?;21-,22+,25-,27-,33?;/m00./s1. The Hall–Kier alpha value is -10.0. The number of cyclic esters (lactones) is 1. The molecule has 5 heterocycles. The first-order chi connectivity index (χ1) is 55.1. The highest BCUT2D eigenvalue weighted by Gasteiger charge is 2.41. The third-order valence-electron chi connectivity index (χ3n) is 21.0. The van der Waals surface area contributed by atoms with Crippen molar-refractivity contribution in [3.05, 3.63) is 174 Å². The van der Waals surface area contributed by atoms with Gasteiger partial charge < -0.3 is 44.3 Å². The molecule has 32 heteroatoms. The summed E-state index contributed by atoms with van der Waals surface area (Å²) in [6.45, 7) is 22.0. The molecule has 0 saturated carbocycles. The van der Waals surface area contributed by atoms with Gasteiger partial charge in [0, 0.05) is 105 Å². The number of methoxy groups -OCH3 is 2. The fourth-order valence-corrected chi connectivity index (χ4v) is 13.7. The molecule has 2 fully saturated rings. The third kappa shape index (κ3) is 26.0. The van der Waals surface area contributed by atoms with Gasteiger partial charge in [-0.25, -0.2) is 20.0 Å². The molecule has 5 bridgehead atoms. The number of aromatic nitrogens is 2. The Morgan fingerprint density at radius 2 is 1.39 bits per heavy atom. The lowest BCUT2D eigenvalue weighted by atomic mass is 9.76. The Labute approximate surface area is 694 Å². The Balaban J connectivity index is 0.000000254. The normalized spacial score (nSPS) is 20.5. The second kappa shape index (κ2) is 42.4. The molecule has 3 aliphatic heterocycles. The Morgan fingerprint density at radius 1 is 0.795 bits per heavy atom. The van der Waals surface area contributed by atoms with Gasteiger partial charge in [0.25, 0.3) is 17.3 Å². The van der Waals surface area contributed by atoms with Crippen molar-refractivity contribution in [1.29, 1.82) is 0 Å². The number of allylic oxidation sites excluding steroid dienone is 2. The molecule has 0 radical (unpaired) electrons. The van der Waals surface area contributed by atoms with Gasteiger partial charge in [0.15, 0.2) is 0 Å². The van der Waals surface area contributed by atoms with Crippen molar-refractivity contribution in [2.45, 2.75) is 169 Å². The molecule has 117 heavy (non-hydrogen) atoms. The minimum atomic E-state index is -1.73. The van der Waals surface area contributed by atoms with Crippen LogP contribution >= 0.6 is 34.8 Å². The van der Waals surface area contributed by atoms with Gasteiger partial charge in [-0.1, -0.05) is 147 Å². The lowest BCUT2D eigenvalue weighted by molar-refractivity contribution is -0.385. The summed E-state index contributed by atoms with van der Waals surface area (Å²) in [6, 6.07) is 24.5. The van der Waals surface area contributed by atoms with E-state index in [2.05, 4.69) is 25.8 Å². The molecule has 6 aromatic rings. The molecule has 2 unspecified atom stereocenters. The number of carbonyl (C=O) groups is 10. The van der Waals surface area contributed by atoms with E-state index in [9.17, 15) is 73.3 Å². The highest BCUT2D eigenvalue weighted by molar-refractivity contribution is 6.67. The summed E-state index contributed by atoms with van der Waals surface area (Å²) in [4.78, 5) is 163. The molecule has 4 aromatic carbocycles. The maximum Gasteiger partial charge on any atom is 0.353 e. The van der Waals surface area contributed by atoms with Crippen LogP contribution in [0.2, 0.25) is 0 Å². The number of amides is 4. The highest BCUT2D eigenvalue weighted by atomic mass is 35.6. The lowest BCUT2D eigenvalue weighted by Gasteiger charge is -2.35. The van der Waals surface area contributed by atoms with Crippen LogP contribution in [0, 0.1) is 74.5 Å². The molecule has 0 spiro atoms. The van der Waals surface area contributed by atoms with Gasteiger partial charge in [-0.15, -0.1) is 0 Å². The van der Waals surface area contributed by atoms with E-state index in [1.54, 1.807) is 48.0 Å². The molecule has 2 saturated heterocycles. The molecule has 3 aliphatic rings. The smallest absolute Gasteiger partial charge is 0.353 e. The number of nitro benzene ring substituents is 2.